The van der Waals surface area contributed by atoms with Gasteiger partial charge >= 0.3 is 0 Å². The first-order chi connectivity index (χ1) is 13.3. The van der Waals surface area contributed by atoms with E-state index in [0.717, 1.165) is 5.56 Å². The SMILES string of the molecule is CN1C[C@H](c2ccccc2)[C@]2(CCN(C(=O)c3cn(C)nc3C(F)F)C2)C1=O. The summed E-state index contributed by atoms with van der Waals surface area (Å²) >= 11 is 0. The summed E-state index contributed by atoms with van der Waals surface area (Å²) < 4.78 is 27.8. The van der Waals surface area contributed by atoms with Crippen molar-refractivity contribution in [3.8, 4) is 0 Å². The fourth-order valence-corrected chi connectivity index (χ4v) is 4.64. The van der Waals surface area contributed by atoms with Crippen LogP contribution >= 0.6 is 0 Å². The van der Waals surface area contributed by atoms with Gasteiger partial charge in [-0.3, -0.25) is 14.3 Å². The average molecular weight is 388 g/mol. The second kappa shape index (κ2) is 6.68. The highest BCUT2D eigenvalue weighted by Crippen LogP contribution is 2.49. The van der Waals surface area contributed by atoms with Gasteiger partial charge in [0.05, 0.1) is 11.0 Å². The molecular formula is C20H22F2N4O2. The standard InChI is InChI=1S/C20H22F2N4O2/c1-24-11-15(13-6-4-3-5-7-13)20(19(24)28)8-9-26(12-20)18(27)14-10-25(2)23-16(14)17(21)22/h3-7,10,15,17H,8-9,11-12H2,1-2H3/t15-,20-/m1/s1. The third kappa shape index (κ3) is 2.78. The fourth-order valence-electron chi connectivity index (χ4n) is 4.64. The molecule has 2 aliphatic heterocycles. The molecule has 3 heterocycles. The predicted octanol–water partition coefficient (Wildman–Crippen LogP) is 2.45. The quantitative estimate of drug-likeness (QED) is 0.812. The van der Waals surface area contributed by atoms with Crippen LogP contribution in [0.2, 0.25) is 0 Å². The monoisotopic (exact) mass is 388 g/mol. The Bertz CT molecular complexity index is 914. The van der Waals surface area contributed by atoms with Crippen LogP contribution in [0.15, 0.2) is 36.5 Å². The molecule has 0 aliphatic carbocycles. The number of benzene rings is 1. The van der Waals surface area contributed by atoms with Gasteiger partial charge in [-0.05, 0) is 12.0 Å². The second-order valence-corrected chi connectivity index (χ2v) is 7.68. The molecule has 1 spiro atoms. The molecular weight excluding hydrogens is 366 g/mol. The van der Waals surface area contributed by atoms with Crippen molar-refractivity contribution in [1.29, 1.82) is 0 Å². The lowest BCUT2D eigenvalue weighted by molar-refractivity contribution is -0.134. The number of amides is 2. The first-order valence-electron chi connectivity index (χ1n) is 9.25. The van der Waals surface area contributed by atoms with Crippen molar-refractivity contribution in [2.75, 3.05) is 26.7 Å². The van der Waals surface area contributed by atoms with Gasteiger partial charge in [0.15, 0.2) is 0 Å². The van der Waals surface area contributed by atoms with Crippen LogP contribution in [-0.2, 0) is 11.8 Å². The number of rotatable bonds is 3. The molecule has 0 unspecified atom stereocenters. The van der Waals surface area contributed by atoms with Crippen LogP contribution in [-0.4, -0.2) is 58.1 Å². The lowest BCUT2D eigenvalue weighted by atomic mass is 9.73. The van der Waals surface area contributed by atoms with Gasteiger partial charge in [0, 0.05) is 45.8 Å². The molecule has 148 valence electrons. The zero-order valence-electron chi connectivity index (χ0n) is 15.8. The van der Waals surface area contributed by atoms with Crippen molar-refractivity contribution in [3.63, 3.8) is 0 Å². The number of hydrogen-bond acceptors (Lipinski definition) is 3. The van der Waals surface area contributed by atoms with Gasteiger partial charge in [0.2, 0.25) is 5.91 Å². The number of likely N-dealkylation sites (tertiary alicyclic amines) is 2. The summed E-state index contributed by atoms with van der Waals surface area (Å²) in [5.41, 5.74) is -0.254. The van der Waals surface area contributed by atoms with E-state index in [9.17, 15) is 18.4 Å². The summed E-state index contributed by atoms with van der Waals surface area (Å²) in [6.45, 7) is 1.17. The predicted molar refractivity (Wildman–Crippen MR) is 97.9 cm³/mol. The van der Waals surface area contributed by atoms with E-state index >= 15 is 0 Å². The first-order valence-corrected chi connectivity index (χ1v) is 9.25. The topological polar surface area (TPSA) is 58.4 Å². The minimum atomic E-state index is -2.83. The number of halogens is 2. The minimum Gasteiger partial charge on any atom is -0.345 e. The Balaban J connectivity index is 1.65. The Hall–Kier alpha value is -2.77. The molecule has 2 amide bonds. The molecule has 0 bridgehead atoms. The highest BCUT2D eigenvalue weighted by Gasteiger charge is 2.57. The molecule has 1 aromatic carbocycles. The number of hydrogen-bond donors (Lipinski definition) is 0. The summed E-state index contributed by atoms with van der Waals surface area (Å²) in [6.07, 6.45) is -0.981. The average Bonchev–Trinajstić information content (AvgIpc) is 3.36. The van der Waals surface area contributed by atoms with Gasteiger partial charge in [0.1, 0.15) is 5.69 Å². The van der Waals surface area contributed by atoms with Crippen molar-refractivity contribution in [2.24, 2.45) is 12.5 Å². The van der Waals surface area contributed by atoms with Gasteiger partial charge in [-0.15, -0.1) is 0 Å². The lowest BCUT2D eigenvalue weighted by Gasteiger charge is -2.28. The number of carbonyl (C=O) groups is 2. The van der Waals surface area contributed by atoms with Crippen molar-refractivity contribution in [2.45, 2.75) is 18.8 Å². The molecule has 0 N–H and O–H groups in total. The summed E-state index contributed by atoms with van der Waals surface area (Å²) in [7, 11) is 3.28. The van der Waals surface area contributed by atoms with Crippen LogP contribution in [0.4, 0.5) is 8.78 Å². The molecule has 2 aromatic rings. The van der Waals surface area contributed by atoms with Gasteiger partial charge < -0.3 is 9.80 Å². The normalized spacial score (nSPS) is 24.8. The zero-order valence-corrected chi connectivity index (χ0v) is 15.8. The van der Waals surface area contributed by atoms with Gasteiger partial charge in [-0.1, -0.05) is 30.3 Å². The van der Waals surface area contributed by atoms with Crippen LogP contribution in [0.3, 0.4) is 0 Å². The molecule has 0 saturated carbocycles. The van der Waals surface area contributed by atoms with Crippen molar-refractivity contribution in [1.82, 2.24) is 19.6 Å². The third-order valence-electron chi connectivity index (χ3n) is 5.98. The Morgan fingerprint density at radius 2 is 1.96 bits per heavy atom. The Labute approximate surface area is 161 Å². The second-order valence-electron chi connectivity index (χ2n) is 7.68. The third-order valence-corrected chi connectivity index (χ3v) is 5.98. The maximum absolute atomic E-state index is 13.3. The van der Waals surface area contributed by atoms with Crippen molar-refractivity contribution < 1.29 is 18.4 Å². The molecule has 28 heavy (non-hydrogen) atoms. The first kappa shape index (κ1) is 18.6. The van der Waals surface area contributed by atoms with Crippen molar-refractivity contribution in [3.05, 3.63) is 53.3 Å². The molecule has 6 nitrogen and oxygen atoms in total. The van der Waals surface area contributed by atoms with Crippen LogP contribution in [0, 0.1) is 5.41 Å². The van der Waals surface area contributed by atoms with Crippen LogP contribution in [0.5, 0.6) is 0 Å². The smallest absolute Gasteiger partial charge is 0.282 e. The summed E-state index contributed by atoms with van der Waals surface area (Å²) in [5.74, 6) is -0.515. The fraction of sp³-hybridized carbons (Fsp3) is 0.450. The molecule has 2 saturated heterocycles. The van der Waals surface area contributed by atoms with Gasteiger partial charge in [-0.25, -0.2) is 8.78 Å². The minimum absolute atomic E-state index is 0.0110. The number of nitrogens with zero attached hydrogens (tertiary/aromatic N) is 4. The lowest BCUT2D eigenvalue weighted by Crippen LogP contribution is -2.39. The van der Waals surface area contributed by atoms with E-state index < -0.39 is 23.4 Å². The number of carbonyl (C=O) groups excluding carboxylic acids is 2. The molecule has 4 rings (SSSR count). The van der Waals surface area contributed by atoms with Crippen LogP contribution in [0.25, 0.3) is 0 Å². The number of alkyl halides is 2. The maximum Gasteiger partial charge on any atom is 0.282 e. The summed E-state index contributed by atoms with van der Waals surface area (Å²) in [4.78, 5) is 29.3. The zero-order chi connectivity index (χ0) is 20.1. The largest absolute Gasteiger partial charge is 0.345 e. The Morgan fingerprint density at radius 1 is 1.25 bits per heavy atom. The number of aryl methyl sites for hydroxylation is 1. The van der Waals surface area contributed by atoms with Crippen molar-refractivity contribution >= 4 is 11.8 Å². The van der Waals surface area contributed by atoms with E-state index in [-0.39, 0.29) is 23.9 Å². The molecule has 8 heteroatoms. The van der Waals surface area contributed by atoms with E-state index in [4.69, 9.17) is 0 Å². The van der Waals surface area contributed by atoms with Gasteiger partial charge in [0.25, 0.3) is 12.3 Å². The number of likely N-dealkylation sites (N-methyl/N-ethyl adjacent to an activating group) is 1. The maximum atomic E-state index is 13.3. The summed E-state index contributed by atoms with van der Waals surface area (Å²) in [5, 5.41) is 3.73. The highest BCUT2D eigenvalue weighted by molar-refractivity contribution is 5.97. The highest BCUT2D eigenvalue weighted by atomic mass is 19.3. The van der Waals surface area contributed by atoms with Crippen LogP contribution < -0.4 is 0 Å². The Morgan fingerprint density at radius 3 is 2.64 bits per heavy atom. The van der Waals surface area contributed by atoms with E-state index in [1.807, 2.05) is 30.3 Å². The summed E-state index contributed by atoms with van der Waals surface area (Å²) in [6, 6.07) is 9.80. The molecule has 2 aliphatic rings. The molecule has 1 aromatic heterocycles. The van der Waals surface area contributed by atoms with Crippen LogP contribution in [0.1, 0.15) is 40.4 Å². The van der Waals surface area contributed by atoms with E-state index in [2.05, 4.69) is 5.10 Å². The van der Waals surface area contributed by atoms with E-state index in [1.54, 1.807) is 11.9 Å². The molecule has 2 atom stereocenters. The molecule has 0 radical (unpaired) electrons. The van der Waals surface area contributed by atoms with Gasteiger partial charge in [-0.2, -0.15) is 5.10 Å². The van der Waals surface area contributed by atoms with E-state index in [1.165, 1.54) is 22.8 Å². The Kier molecular flexibility index (Phi) is 4.44. The molecule has 2 fully saturated rings. The number of aromatic nitrogens is 2. The van der Waals surface area contributed by atoms with E-state index in [0.29, 0.717) is 19.5 Å².